The van der Waals surface area contributed by atoms with Crippen LogP contribution in [0.5, 0.6) is 5.75 Å². The summed E-state index contributed by atoms with van der Waals surface area (Å²) in [6, 6.07) is 8.39. The van der Waals surface area contributed by atoms with Crippen molar-refractivity contribution < 1.29 is 14.3 Å². The van der Waals surface area contributed by atoms with Crippen molar-refractivity contribution >= 4 is 11.8 Å². The number of amides is 2. The highest BCUT2D eigenvalue weighted by Crippen LogP contribution is 2.10. The molecule has 0 unspecified atom stereocenters. The van der Waals surface area contributed by atoms with Crippen molar-refractivity contribution in [1.82, 2.24) is 10.9 Å². The molecule has 6 heteroatoms. The third-order valence-corrected chi connectivity index (χ3v) is 2.45. The number of unbranched alkanes of at least 4 members (excludes halogenated alkanes) is 1. The van der Waals surface area contributed by atoms with E-state index in [9.17, 15) is 9.59 Å². The van der Waals surface area contributed by atoms with Crippen molar-refractivity contribution in [3.05, 3.63) is 29.8 Å². The third kappa shape index (κ3) is 5.87. The topological polar surface area (TPSA) is 91.2 Å². The van der Waals surface area contributed by atoms with Gasteiger partial charge in [-0.15, -0.1) is 0 Å². The molecule has 0 saturated carbocycles. The molecule has 1 aromatic carbocycles. The van der Waals surface area contributed by atoms with Crippen molar-refractivity contribution in [2.75, 3.05) is 6.61 Å². The summed E-state index contributed by atoms with van der Waals surface area (Å²) >= 11 is 0. The average molecular weight is 275 g/mol. The fourth-order valence-electron chi connectivity index (χ4n) is 1.35. The van der Waals surface area contributed by atoms with E-state index in [4.69, 9.17) is 10.00 Å². The van der Waals surface area contributed by atoms with Crippen molar-refractivity contribution in [3.8, 4) is 11.8 Å². The first-order valence-corrected chi connectivity index (χ1v) is 6.36. The summed E-state index contributed by atoms with van der Waals surface area (Å²) in [4.78, 5) is 22.7. The third-order valence-electron chi connectivity index (χ3n) is 2.45. The highest BCUT2D eigenvalue weighted by Gasteiger charge is 2.05. The molecular weight excluding hydrogens is 258 g/mol. The predicted molar refractivity (Wildman–Crippen MR) is 72.5 cm³/mol. The zero-order chi connectivity index (χ0) is 14.8. The van der Waals surface area contributed by atoms with Gasteiger partial charge in [-0.3, -0.25) is 20.4 Å². The van der Waals surface area contributed by atoms with Crippen LogP contribution in [0.15, 0.2) is 24.3 Å². The standard InChI is InChI=1S/C14H17N3O3/c1-2-3-4-13(18)16-17-14(19)10-20-12-7-5-11(9-15)6-8-12/h5-8H,2-4,10H2,1H3,(H,16,18)(H,17,19). The van der Waals surface area contributed by atoms with Gasteiger partial charge < -0.3 is 4.74 Å². The Morgan fingerprint density at radius 3 is 2.45 bits per heavy atom. The molecular formula is C14H17N3O3. The molecule has 2 amide bonds. The highest BCUT2D eigenvalue weighted by atomic mass is 16.5. The van der Waals surface area contributed by atoms with Crippen LogP contribution in [-0.2, 0) is 9.59 Å². The van der Waals surface area contributed by atoms with Crippen LogP contribution >= 0.6 is 0 Å². The Kier molecular flexibility index (Phi) is 6.62. The van der Waals surface area contributed by atoms with Gasteiger partial charge in [0.1, 0.15) is 5.75 Å². The molecule has 0 bridgehead atoms. The molecule has 0 fully saturated rings. The van der Waals surface area contributed by atoms with Crippen LogP contribution in [0.25, 0.3) is 0 Å². The van der Waals surface area contributed by atoms with Crippen molar-refractivity contribution in [2.45, 2.75) is 26.2 Å². The lowest BCUT2D eigenvalue weighted by Gasteiger charge is -2.08. The summed E-state index contributed by atoms with van der Waals surface area (Å²) in [5.74, 6) is -0.186. The van der Waals surface area contributed by atoms with Gasteiger partial charge in [-0.25, -0.2) is 0 Å². The quantitative estimate of drug-likeness (QED) is 0.765. The lowest BCUT2D eigenvalue weighted by molar-refractivity contribution is -0.130. The number of hydrogen-bond donors (Lipinski definition) is 2. The maximum absolute atomic E-state index is 11.4. The van der Waals surface area contributed by atoms with Crippen molar-refractivity contribution in [2.24, 2.45) is 0 Å². The number of nitriles is 1. The normalized spacial score (nSPS) is 9.40. The van der Waals surface area contributed by atoms with Gasteiger partial charge in [0, 0.05) is 6.42 Å². The van der Waals surface area contributed by atoms with Gasteiger partial charge in [0.2, 0.25) is 5.91 Å². The summed E-state index contributed by atoms with van der Waals surface area (Å²) in [5.41, 5.74) is 5.10. The van der Waals surface area contributed by atoms with Crippen LogP contribution in [0, 0.1) is 11.3 Å². The molecule has 20 heavy (non-hydrogen) atoms. The Morgan fingerprint density at radius 2 is 1.85 bits per heavy atom. The number of benzene rings is 1. The van der Waals surface area contributed by atoms with E-state index in [0.29, 0.717) is 17.7 Å². The van der Waals surface area contributed by atoms with E-state index in [-0.39, 0.29) is 12.5 Å². The van der Waals surface area contributed by atoms with E-state index in [0.717, 1.165) is 12.8 Å². The minimum absolute atomic E-state index is 0.208. The second-order valence-electron chi connectivity index (χ2n) is 4.12. The van der Waals surface area contributed by atoms with Crippen LogP contribution < -0.4 is 15.6 Å². The first kappa shape index (κ1) is 15.5. The van der Waals surface area contributed by atoms with Crippen LogP contribution in [0.3, 0.4) is 0 Å². The Balaban J connectivity index is 2.25. The van der Waals surface area contributed by atoms with E-state index >= 15 is 0 Å². The number of hydrogen-bond acceptors (Lipinski definition) is 4. The number of nitrogens with zero attached hydrogens (tertiary/aromatic N) is 1. The molecule has 6 nitrogen and oxygen atoms in total. The first-order valence-electron chi connectivity index (χ1n) is 6.36. The van der Waals surface area contributed by atoms with E-state index in [2.05, 4.69) is 10.9 Å². The summed E-state index contributed by atoms with van der Waals surface area (Å²) < 4.78 is 5.21. The van der Waals surface area contributed by atoms with Gasteiger partial charge in [-0.2, -0.15) is 5.26 Å². The number of ether oxygens (including phenoxy) is 1. The molecule has 0 aliphatic rings. The molecule has 0 aromatic heterocycles. The second kappa shape index (κ2) is 8.53. The zero-order valence-corrected chi connectivity index (χ0v) is 11.3. The number of hydrazine groups is 1. The van der Waals surface area contributed by atoms with E-state index in [1.165, 1.54) is 0 Å². The van der Waals surface area contributed by atoms with Crippen molar-refractivity contribution in [1.29, 1.82) is 5.26 Å². The van der Waals surface area contributed by atoms with E-state index in [1.807, 2.05) is 13.0 Å². The molecule has 0 atom stereocenters. The first-order chi connectivity index (χ1) is 9.65. The Labute approximate surface area is 117 Å². The SMILES string of the molecule is CCCCC(=O)NNC(=O)COc1ccc(C#N)cc1. The molecule has 1 rings (SSSR count). The minimum atomic E-state index is -0.445. The summed E-state index contributed by atoms with van der Waals surface area (Å²) in [6.07, 6.45) is 2.08. The molecule has 0 heterocycles. The Hall–Kier alpha value is -2.55. The van der Waals surface area contributed by atoms with Crippen LogP contribution in [0.2, 0.25) is 0 Å². The number of rotatable bonds is 6. The molecule has 0 saturated heterocycles. The van der Waals surface area contributed by atoms with Gasteiger partial charge in [0.05, 0.1) is 11.6 Å². The van der Waals surface area contributed by atoms with Gasteiger partial charge in [0.15, 0.2) is 6.61 Å². The lowest BCUT2D eigenvalue weighted by atomic mass is 10.2. The van der Waals surface area contributed by atoms with E-state index < -0.39 is 5.91 Å². The number of nitrogens with one attached hydrogen (secondary N) is 2. The molecule has 0 aliphatic heterocycles. The molecule has 1 aromatic rings. The summed E-state index contributed by atoms with van der Waals surface area (Å²) in [7, 11) is 0. The fraction of sp³-hybridized carbons (Fsp3) is 0.357. The summed E-state index contributed by atoms with van der Waals surface area (Å²) in [6.45, 7) is 1.78. The molecule has 0 spiro atoms. The van der Waals surface area contributed by atoms with Crippen molar-refractivity contribution in [3.63, 3.8) is 0 Å². The second-order valence-corrected chi connectivity index (χ2v) is 4.12. The van der Waals surface area contributed by atoms with E-state index in [1.54, 1.807) is 24.3 Å². The minimum Gasteiger partial charge on any atom is -0.484 e. The maximum Gasteiger partial charge on any atom is 0.276 e. The van der Waals surface area contributed by atoms with Gasteiger partial charge in [-0.05, 0) is 30.7 Å². The highest BCUT2D eigenvalue weighted by molar-refractivity contribution is 5.82. The van der Waals surface area contributed by atoms with Crippen LogP contribution in [0.1, 0.15) is 31.7 Å². The molecule has 106 valence electrons. The Bertz CT molecular complexity index is 491. The number of carbonyl (C=O) groups is 2. The fourth-order valence-corrected chi connectivity index (χ4v) is 1.35. The van der Waals surface area contributed by atoms with Crippen LogP contribution in [-0.4, -0.2) is 18.4 Å². The largest absolute Gasteiger partial charge is 0.484 e. The molecule has 0 aliphatic carbocycles. The average Bonchev–Trinajstić information content (AvgIpc) is 2.49. The lowest BCUT2D eigenvalue weighted by Crippen LogP contribution is -2.43. The van der Waals surface area contributed by atoms with Gasteiger partial charge in [-0.1, -0.05) is 13.3 Å². The zero-order valence-electron chi connectivity index (χ0n) is 11.3. The molecule has 0 radical (unpaired) electrons. The molecule has 2 N–H and O–H groups in total. The smallest absolute Gasteiger partial charge is 0.276 e. The maximum atomic E-state index is 11.4. The Morgan fingerprint density at radius 1 is 1.20 bits per heavy atom. The van der Waals surface area contributed by atoms with Crippen LogP contribution in [0.4, 0.5) is 0 Å². The monoisotopic (exact) mass is 275 g/mol. The predicted octanol–water partition coefficient (Wildman–Crippen LogP) is 1.27. The van der Waals surface area contributed by atoms with Gasteiger partial charge in [0.25, 0.3) is 5.91 Å². The van der Waals surface area contributed by atoms with Gasteiger partial charge >= 0.3 is 0 Å². The number of carbonyl (C=O) groups excluding carboxylic acids is 2. The summed E-state index contributed by atoms with van der Waals surface area (Å²) in [5, 5.41) is 8.63.